The lowest BCUT2D eigenvalue weighted by Gasteiger charge is -2.23. The molecule has 3 N–H and O–H groups in total. The third-order valence-electron chi connectivity index (χ3n) is 3.98. The quantitative estimate of drug-likeness (QED) is 0.785. The van der Waals surface area contributed by atoms with Crippen molar-refractivity contribution in [2.75, 3.05) is 18.9 Å². The van der Waals surface area contributed by atoms with Crippen LogP contribution in [0.1, 0.15) is 39.0 Å². The van der Waals surface area contributed by atoms with Crippen molar-refractivity contribution < 1.29 is 9.53 Å². The van der Waals surface area contributed by atoms with Crippen molar-refractivity contribution in [1.82, 2.24) is 5.32 Å². The van der Waals surface area contributed by atoms with Crippen LogP contribution in [-0.4, -0.2) is 19.1 Å². The zero-order valence-electron chi connectivity index (χ0n) is 12.2. The van der Waals surface area contributed by atoms with Gasteiger partial charge in [0.25, 0.3) is 0 Å². The van der Waals surface area contributed by atoms with Crippen molar-refractivity contribution in [3.8, 4) is 5.75 Å². The van der Waals surface area contributed by atoms with Crippen LogP contribution >= 0.6 is 0 Å². The van der Waals surface area contributed by atoms with E-state index in [0.717, 1.165) is 6.54 Å². The highest BCUT2D eigenvalue weighted by Crippen LogP contribution is 2.36. The zero-order valence-corrected chi connectivity index (χ0v) is 12.2. The second-order valence-corrected chi connectivity index (χ2v) is 5.97. The number of nitrogens with one attached hydrogen (secondary N) is 1. The van der Waals surface area contributed by atoms with Crippen molar-refractivity contribution in [3.63, 3.8) is 0 Å². The lowest BCUT2D eigenvalue weighted by atomic mass is 9.89. The van der Waals surface area contributed by atoms with Crippen molar-refractivity contribution in [2.45, 2.75) is 39.0 Å². The number of carbonyl (C=O) groups is 1. The predicted octanol–water partition coefficient (Wildman–Crippen LogP) is 2.73. The molecule has 1 fully saturated rings. The van der Waals surface area contributed by atoms with Crippen molar-refractivity contribution in [1.29, 1.82) is 0 Å². The van der Waals surface area contributed by atoms with Crippen LogP contribution in [0.3, 0.4) is 0 Å². The number of nitrogens with two attached hydrogens (primary N) is 1. The zero-order chi connectivity index (χ0) is 14.4. The SMILES string of the molecule is CC1(CNC(=O)CCOc2cccc(N)c2)CCCC1. The summed E-state index contributed by atoms with van der Waals surface area (Å²) in [6, 6.07) is 7.25. The second-order valence-electron chi connectivity index (χ2n) is 5.97. The normalized spacial score (nSPS) is 16.9. The van der Waals surface area contributed by atoms with E-state index in [9.17, 15) is 4.79 Å². The van der Waals surface area contributed by atoms with E-state index < -0.39 is 0 Å². The van der Waals surface area contributed by atoms with Crippen LogP contribution in [0.25, 0.3) is 0 Å². The number of carbonyl (C=O) groups excluding carboxylic acids is 1. The summed E-state index contributed by atoms with van der Waals surface area (Å²) < 4.78 is 5.51. The molecule has 0 heterocycles. The number of ether oxygens (including phenoxy) is 1. The third-order valence-corrected chi connectivity index (χ3v) is 3.98. The van der Waals surface area contributed by atoms with Gasteiger partial charge in [-0.1, -0.05) is 25.8 Å². The maximum absolute atomic E-state index is 11.8. The molecule has 1 aromatic carbocycles. The number of hydrogen-bond acceptors (Lipinski definition) is 3. The summed E-state index contributed by atoms with van der Waals surface area (Å²) in [7, 11) is 0. The van der Waals surface area contributed by atoms with Crippen LogP contribution < -0.4 is 15.8 Å². The van der Waals surface area contributed by atoms with Gasteiger partial charge < -0.3 is 15.8 Å². The molecule has 2 rings (SSSR count). The number of nitrogen functional groups attached to an aromatic ring is 1. The molecule has 0 aromatic heterocycles. The summed E-state index contributed by atoms with van der Waals surface area (Å²) in [6.45, 7) is 3.42. The van der Waals surface area contributed by atoms with Gasteiger partial charge in [0.15, 0.2) is 0 Å². The van der Waals surface area contributed by atoms with Gasteiger partial charge in [-0.05, 0) is 30.4 Å². The van der Waals surface area contributed by atoms with Crippen LogP contribution in [0.5, 0.6) is 5.75 Å². The first-order chi connectivity index (χ1) is 9.57. The van der Waals surface area contributed by atoms with Crippen LogP contribution in [0, 0.1) is 5.41 Å². The first-order valence-electron chi connectivity index (χ1n) is 7.32. The second kappa shape index (κ2) is 6.64. The Bertz CT molecular complexity index is 454. The lowest BCUT2D eigenvalue weighted by molar-refractivity contribution is -0.122. The maximum Gasteiger partial charge on any atom is 0.223 e. The van der Waals surface area contributed by atoms with Gasteiger partial charge in [0.1, 0.15) is 5.75 Å². The van der Waals surface area contributed by atoms with Crippen LogP contribution in [0.4, 0.5) is 5.69 Å². The minimum Gasteiger partial charge on any atom is -0.493 e. The van der Waals surface area contributed by atoms with Crippen molar-refractivity contribution in [3.05, 3.63) is 24.3 Å². The molecule has 110 valence electrons. The Morgan fingerprint density at radius 1 is 1.40 bits per heavy atom. The molecule has 4 heteroatoms. The molecular weight excluding hydrogens is 252 g/mol. The summed E-state index contributed by atoms with van der Waals surface area (Å²) in [5, 5.41) is 3.02. The Balaban J connectivity index is 1.65. The topological polar surface area (TPSA) is 64.3 Å². The fraction of sp³-hybridized carbons (Fsp3) is 0.562. The molecule has 0 saturated heterocycles. The van der Waals surface area contributed by atoms with E-state index in [4.69, 9.17) is 10.5 Å². The highest BCUT2D eigenvalue weighted by molar-refractivity contribution is 5.76. The van der Waals surface area contributed by atoms with Crippen LogP contribution in [-0.2, 0) is 4.79 Å². The van der Waals surface area contributed by atoms with E-state index in [0.29, 0.717) is 29.9 Å². The largest absolute Gasteiger partial charge is 0.493 e. The smallest absolute Gasteiger partial charge is 0.223 e. The van der Waals surface area contributed by atoms with E-state index in [-0.39, 0.29) is 5.91 Å². The molecular formula is C16H24N2O2. The fourth-order valence-corrected chi connectivity index (χ4v) is 2.67. The standard InChI is InChI=1S/C16H24N2O2/c1-16(8-2-3-9-16)12-18-15(19)7-10-20-14-6-4-5-13(17)11-14/h4-6,11H,2-3,7-10,12,17H2,1H3,(H,18,19). The monoisotopic (exact) mass is 276 g/mol. The summed E-state index contributed by atoms with van der Waals surface area (Å²) in [6.07, 6.45) is 5.38. The van der Waals surface area contributed by atoms with E-state index in [1.54, 1.807) is 6.07 Å². The molecule has 1 amide bonds. The van der Waals surface area contributed by atoms with Gasteiger partial charge in [-0.25, -0.2) is 0 Å². The molecule has 20 heavy (non-hydrogen) atoms. The highest BCUT2D eigenvalue weighted by atomic mass is 16.5. The summed E-state index contributed by atoms with van der Waals surface area (Å²) >= 11 is 0. The Kier molecular flexibility index (Phi) is 4.88. The molecule has 0 unspecified atom stereocenters. The van der Waals surface area contributed by atoms with Gasteiger partial charge in [0.05, 0.1) is 13.0 Å². The van der Waals surface area contributed by atoms with E-state index in [1.807, 2.05) is 18.2 Å². The fourth-order valence-electron chi connectivity index (χ4n) is 2.67. The van der Waals surface area contributed by atoms with Gasteiger partial charge in [0, 0.05) is 18.3 Å². The van der Waals surface area contributed by atoms with Crippen LogP contribution in [0.15, 0.2) is 24.3 Å². The van der Waals surface area contributed by atoms with Gasteiger partial charge in [0.2, 0.25) is 5.91 Å². The molecule has 1 aliphatic carbocycles. The number of benzene rings is 1. The van der Waals surface area contributed by atoms with Gasteiger partial charge in [-0.15, -0.1) is 0 Å². The average molecular weight is 276 g/mol. The molecule has 1 aromatic rings. The van der Waals surface area contributed by atoms with Crippen LogP contribution in [0.2, 0.25) is 0 Å². The Labute approximate surface area is 120 Å². The summed E-state index contributed by atoms with van der Waals surface area (Å²) in [4.78, 5) is 11.8. The minimum atomic E-state index is 0.0574. The number of rotatable bonds is 6. The van der Waals surface area contributed by atoms with Crippen molar-refractivity contribution in [2.24, 2.45) is 5.41 Å². The molecule has 4 nitrogen and oxygen atoms in total. The molecule has 1 aliphatic rings. The molecule has 0 spiro atoms. The Hall–Kier alpha value is -1.71. The highest BCUT2D eigenvalue weighted by Gasteiger charge is 2.28. The first kappa shape index (κ1) is 14.7. The molecule has 1 saturated carbocycles. The third kappa shape index (κ3) is 4.44. The van der Waals surface area contributed by atoms with E-state index in [1.165, 1.54) is 25.7 Å². The first-order valence-corrected chi connectivity index (χ1v) is 7.32. The number of hydrogen-bond donors (Lipinski definition) is 2. The molecule has 0 atom stereocenters. The van der Waals surface area contributed by atoms with E-state index in [2.05, 4.69) is 12.2 Å². The number of amides is 1. The molecule has 0 bridgehead atoms. The van der Waals surface area contributed by atoms with Gasteiger partial charge in [-0.2, -0.15) is 0 Å². The Morgan fingerprint density at radius 2 is 2.15 bits per heavy atom. The Morgan fingerprint density at radius 3 is 2.85 bits per heavy atom. The maximum atomic E-state index is 11.8. The lowest BCUT2D eigenvalue weighted by Crippen LogP contribution is -2.34. The van der Waals surface area contributed by atoms with Gasteiger partial charge in [-0.3, -0.25) is 4.79 Å². The minimum absolute atomic E-state index is 0.0574. The number of anilines is 1. The van der Waals surface area contributed by atoms with E-state index >= 15 is 0 Å². The van der Waals surface area contributed by atoms with Crippen molar-refractivity contribution >= 4 is 11.6 Å². The summed E-state index contributed by atoms with van der Waals surface area (Å²) in [5.74, 6) is 0.766. The average Bonchev–Trinajstić information content (AvgIpc) is 2.84. The molecule has 0 aliphatic heterocycles. The molecule has 0 radical (unpaired) electrons. The van der Waals surface area contributed by atoms with Gasteiger partial charge >= 0.3 is 0 Å². The summed E-state index contributed by atoms with van der Waals surface area (Å²) in [5.41, 5.74) is 6.63. The predicted molar refractivity (Wildman–Crippen MR) is 80.6 cm³/mol.